The van der Waals surface area contributed by atoms with Gasteiger partial charge >= 0.3 is 6.03 Å². The van der Waals surface area contributed by atoms with E-state index in [2.05, 4.69) is 0 Å². The molecule has 0 bridgehead atoms. The summed E-state index contributed by atoms with van der Waals surface area (Å²) in [6.45, 7) is 3.72. The number of halogens is 2. The topological polar surface area (TPSA) is 43.9 Å². The lowest BCUT2D eigenvalue weighted by Crippen LogP contribution is -2.40. The first-order chi connectivity index (χ1) is 8.84. The predicted molar refractivity (Wildman–Crippen MR) is 77.2 cm³/mol. The molecule has 1 aromatic rings. The van der Waals surface area contributed by atoms with E-state index in [4.69, 9.17) is 23.2 Å². The molecule has 2 rings (SSSR count). The van der Waals surface area contributed by atoms with Crippen LogP contribution in [0.15, 0.2) is 18.2 Å². The van der Waals surface area contributed by atoms with Crippen molar-refractivity contribution >= 4 is 46.1 Å². The van der Waals surface area contributed by atoms with Gasteiger partial charge in [0.25, 0.3) is 0 Å². The molecule has 1 aliphatic rings. The minimum atomic E-state index is -1.61. The second kappa shape index (κ2) is 5.28. The molecule has 1 aromatic carbocycles. The van der Waals surface area contributed by atoms with Crippen LogP contribution in [-0.4, -0.2) is 32.8 Å². The molecule has 2 amide bonds. The van der Waals surface area contributed by atoms with Gasteiger partial charge in [-0.15, -0.1) is 4.41 Å². The molecule has 1 fully saturated rings. The summed E-state index contributed by atoms with van der Waals surface area (Å²) < 4.78 is 15.1. The molecule has 0 saturated carbocycles. The molecule has 5 nitrogen and oxygen atoms in total. The van der Waals surface area contributed by atoms with Gasteiger partial charge in [-0.05, 0) is 32.0 Å². The van der Waals surface area contributed by atoms with E-state index >= 15 is 0 Å². The smallest absolute Gasteiger partial charge is 0.245 e. The number of amides is 2. The molecule has 1 aliphatic heterocycles. The average Bonchev–Trinajstić information content (AvgIpc) is 2.54. The Bertz CT molecular complexity index is 553. The van der Waals surface area contributed by atoms with Crippen molar-refractivity contribution in [3.8, 4) is 0 Å². The van der Waals surface area contributed by atoms with Crippen molar-refractivity contribution in [2.45, 2.75) is 19.9 Å². The molecule has 0 aromatic heterocycles. The normalized spacial score (nSPS) is 20.7. The van der Waals surface area contributed by atoms with Gasteiger partial charge in [0.2, 0.25) is 11.2 Å². The quantitative estimate of drug-likeness (QED) is 0.840. The number of hydrogen-bond donors (Lipinski definition) is 0. The summed E-state index contributed by atoms with van der Waals surface area (Å²) in [5.41, 5.74) is 0.452. The van der Waals surface area contributed by atoms with Gasteiger partial charge in [0.05, 0.1) is 15.7 Å². The fraction of sp³-hybridized carbons (Fsp3) is 0.364. The number of carbonyl (C=O) groups excluding carboxylic acids is 1. The maximum atomic E-state index is 12.4. The van der Waals surface area contributed by atoms with E-state index in [-0.39, 0.29) is 12.1 Å². The minimum absolute atomic E-state index is 0.0671. The Morgan fingerprint density at radius 3 is 2.32 bits per heavy atom. The van der Waals surface area contributed by atoms with Gasteiger partial charge in [-0.3, -0.25) is 0 Å². The van der Waals surface area contributed by atoms with Crippen LogP contribution in [0, 0.1) is 0 Å². The molecule has 0 aliphatic carbocycles. The lowest BCUT2D eigenvalue weighted by molar-refractivity contribution is 0.119. The first kappa shape index (κ1) is 14.6. The summed E-state index contributed by atoms with van der Waals surface area (Å²) in [5, 5.41) is 2.04. The Morgan fingerprint density at radius 2 is 1.84 bits per heavy atom. The number of nitrogens with zero attached hydrogens (tertiary/aromatic N) is 3. The van der Waals surface area contributed by atoms with E-state index in [0.717, 1.165) is 0 Å². The van der Waals surface area contributed by atoms with E-state index in [1.807, 2.05) is 13.8 Å². The third kappa shape index (κ3) is 2.45. The zero-order chi connectivity index (χ0) is 14.3. The fourth-order valence-corrected chi connectivity index (χ4v) is 3.46. The SMILES string of the molecule is CC(C)N1N(C)C(=O)N(c2ccc(Cl)c(Cl)c2)S1=O. The van der Waals surface area contributed by atoms with Crippen LogP contribution in [-0.2, 0) is 11.2 Å². The van der Waals surface area contributed by atoms with E-state index in [9.17, 15) is 9.00 Å². The number of anilines is 1. The standard InChI is InChI=1S/C11H13Cl2N3O2S/c1-7(2)16-14(3)11(17)15(19(16)18)8-4-5-9(12)10(13)6-8/h4-7H,1-3H3. The lowest BCUT2D eigenvalue weighted by atomic mass is 10.3. The van der Waals surface area contributed by atoms with Crippen molar-refractivity contribution in [3.63, 3.8) is 0 Å². The Balaban J connectivity index is 2.42. The summed E-state index contributed by atoms with van der Waals surface area (Å²) in [6, 6.07) is 4.27. The average molecular weight is 322 g/mol. The number of benzene rings is 1. The van der Waals surface area contributed by atoms with Crippen LogP contribution < -0.4 is 4.31 Å². The Kier molecular flexibility index (Phi) is 4.06. The zero-order valence-electron chi connectivity index (χ0n) is 10.6. The van der Waals surface area contributed by atoms with Crippen molar-refractivity contribution in [3.05, 3.63) is 28.2 Å². The second-order valence-corrected chi connectivity index (χ2v) is 6.34. The van der Waals surface area contributed by atoms with Gasteiger partial charge in [-0.25, -0.2) is 14.0 Å². The van der Waals surface area contributed by atoms with E-state index in [1.165, 1.54) is 19.8 Å². The number of urea groups is 1. The summed E-state index contributed by atoms with van der Waals surface area (Å²) in [7, 11) is 1.58. The van der Waals surface area contributed by atoms with Crippen LogP contribution in [0.3, 0.4) is 0 Å². The summed E-state index contributed by atoms with van der Waals surface area (Å²) in [6.07, 6.45) is 0. The second-order valence-electron chi connectivity index (χ2n) is 4.33. The minimum Gasteiger partial charge on any atom is -0.245 e. The Hall–Kier alpha value is -0.820. The molecular formula is C11H13Cl2N3O2S. The highest BCUT2D eigenvalue weighted by molar-refractivity contribution is 7.85. The number of rotatable bonds is 2. The molecular weight excluding hydrogens is 309 g/mol. The third-order valence-electron chi connectivity index (χ3n) is 2.64. The molecule has 19 heavy (non-hydrogen) atoms. The van der Waals surface area contributed by atoms with Crippen LogP contribution in [0.4, 0.5) is 10.5 Å². The maximum Gasteiger partial charge on any atom is 0.352 e. The van der Waals surface area contributed by atoms with Gasteiger partial charge < -0.3 is 0 Å². The lowest BCUT2D eigenvalue weighted by Gasteiger charge is -2.22. The largest absolute Gasteiger partial charge is 0.352 e. The summed E-state index contributed by atoms with van der Waals surface area (Å²) in [4.78, 5) is 12.2. The monoisotopic (exact) mass is 321 g/mol. The highest BCUT2D eigenvalue weighted by Gasteiger charge is 2.42. The molecule has 1 unspecified atom stereocenters. The first-order valence-electron chi connectivity index (χ1n) is 5.58. The van der Waals surface area contributed by atoms with Crippen LogP contribution in [0.1, 0.15) is 13.8 Å². The molecule has 1 heterocycles. The molecule has 1 saturated heterocycles. The van der Waals surface area contributed by atoms with Crippen LogP contribution in [0.25, 0.3) is 0 Å². The van der Waals surface area contributed by atoms with Crippen molar-refractivity contribution in [2.24, 2.45) is 0 Å². The molecule has 0 radical (unpaired) electrons. The maximum absolute atomic E-state index is 12.4. The molecule has 104 valence electrons. The van der Waals surface area contributed by atoms with Gasteiger partial charge in [0, 0.05) is 13.1 Å². The summed E-state index contributed by atoms with van der Waals surface area (Å²) >= 11 is 10.1. The van der Waals surface area contributed by atoms with Gasteiger partial charge in [0.15, 0.2) is 0 Å². The van der Waals surface area contributed by atoms with E-state index < -0.39 is 11.2 Å². The Labute approximate surface area is 124 Å². The highest BCUT2D eigenvalue weighted by atomic mass is 35.5. The van der Waals surface area contributed by atoms with E-state index in [0.29, 0.717) is 15.7 Å². The molecule has 8 heteroatoms. The van der Waals surface area contributed by atoms with Crippen LogP contribution in [0.5, 0.6) is 0 Å². The van der Waals surface area contributed by atoms with E-state index in [1.54, 1.807) is 19.2 Å². The molecule has 0 spiro atoms. The molecule has 0 N–H and O–H groups in total. The van der Waals surface area contributed by atoms with Crippen LogP contribution >= 0.6 is 23.2 Å². The highest BCUT2D eigenvalue weighted by Crippen LogP contribution is 2.32. The van der Waals surface area contributed by atoms with Gasteiger partial charge in [-0.2, -0.15) is 4.31 Å². The predicted octanol–water partition coefficient (Wildman–Crippen LogP) is 3.07. The van der Waals surface area contributed by atoms with Crippen molar-refractivity contribution in [2.75, 3.05) is 11.4 Å². The van der Waals surface area contributed by atoms with Gasteiger partial charge in [-0.1, -0.05) is 23.2 Å². The number of hydrazine groups is 1. The number of carbonyl (C=O) groups is 1. The fourth-order valence-electron chi connectivity index (χ4n) is 1.81. The first-order valence-corrected chi connectivity index (χ1v) is 7.40. The van der Waals surface area contributed by atoms with Crippen molar-refractivity contribution in [1.82, 2.24) is 9.42 Å². The molecule has 1 atom stereocenters. The number of hydrogen-bond acceptors (Lipinski definition) is 2. The third-order valence-corrected chi connectivity index (χ3v) is 5.05. The van der Waals surface area contributed by atoms with Gasteiger partial charge in [0.1, 0.15) is 0 Å². The Morgan fingerprint density at radius 1 is 1.21 bits per heavy atom. The van der Waals surface area contributed by atoms with Crippen molar-refractivity contribution < 1.29 is 9.00 Å². The zero-order valence-corrected chi connectivity index (χ0v) is 13.0. The summed E-state index contributed by atoms with van der Waals surface area (Å²) in [5.74, 6) is 0. The van der Waals surface area contributed by atoms with Crippen LogP contribution in [0.2, 0.25) is 10.0 Å². The van der Waals surface area contributed by atoms with Crippen molar-refractivity contribution in [1.29, 1.82) is 0 Å².